The summed E-state index contributed by atoms with van der Waals surface area (Å²) in [5.74, 6) is 0.706. The van der Waals surface area contributed by atoms with E-state index in [0.717, 1.165) is 4.47 Å². The molecule has 0 aromatic heterocycles. The van der Waals surface area contributed by atoms with Crippen LogP contribution < -0.4 is 5.73 Å². The first-order valence-corrected chi connectivity index (χ1v) is 7.64. The molecule has 0 aliphatic carbocycles. The number of likely N-dealkylation sites (tertiary alicyclic amines) is 1. The molecule has 1 aliphatic rings. The molecule has 1 heterocycles. The van der Waals surface area contributed by atoms with E-state index in [2.05, 4.69) is 58.9 Å². The second-order valence-electron chi connectivity index (χ2n) is 5.49. The Morgan fingerprint density at radius 2 is 2.00 bits per heavy atom. The van der Waals surface area contributed by atoms with Crippen molar-refractivity contribution in [2.75, 3.05) is 13.1 Å². The quantitative estimate of drug-likeness (QED) is 0.921. The third-order valence-electron chi connectivity index (χ3n) is 3.99. The second kappa shape index (κ2) is 6.18. The SMILES string of the molecule is CC(C)C1CCCN1C(CN)c1ccc(Br)cc1. The predicted molar refractivity (Wildman–Crippen MR) is 80.5 cm³/mol. The molecule has 1 aromatic carbocycles. The number of hydrogen-bond acceptors (Lipinski definition) is 2. The molecule has 100 valence electrons. The highest BCUT2D eigenvalue weighted by Gasteiger charge is 2.32. The van der Waals surface area contributed by atoms with Crippen molar-refractivity contribution in [3.8, 4) is 0 Å². The average molecular weight is 311 g/mol. The second-order valence-corrected chi connectivity index (χ2v) is 6.41. The van der Waals surface area contributed by atoms with Gasteiger partial charge in [0.25, 0.3) is 0 Å². The van der Waals surface area contributed by atoms with Gasteiger partial charge in [-0.25, -0.2) is 0 Å². The summed E-state index contributed by atoms with van der Waals surface area (Å²) in [5.41, 5.74) is 7.37. The summed E-state index contributed by atoms with van der Waals surface area (Å²) in [6, 6.07) is 9.65. The lowest BCUT2D eigenvalue weighted by Gasteiger charge is -2.34. The first kappa shape index (κ1) is 14.0. The van der Waals surface area contributed by atoms with Gasteiger partial charge in [0.1, 0.15) is 0 Å². The number of nitrogens with zero attached hydrogens (tertiary/aromatic N) is 1. The maximum Gasteiger partial charge on any atom is 0.0473 e. The molecule has 1 aliphatic heterocycles. The Morgan fingerprint density at radius 3 is 2.56 bits per heavy atom. The van der Waals surface area contributed by atoms with Gasteiger partial charge in [0.2, 0.25) is 0 Å². The van der Waals surface area contributed by atoms with Gasteiger partial charge >= 0.3 is 0 Å². The smallest absolute Gasteiger partial charge is 0.0473 e. The zero-order valence-corrected chi connectivity index (χ0v) is 12.9. The van der Waals surface area contributed by atoms with Crippen molar-refractivity contribution in [2.24, 2.45) is 11.7 Å². The zero-order chi connectivity index (χ0) is 13.1. The van der Waals surface area contributed by atoms with E-state index in [1.807, 2.05) is 0 Å². The lowest BCUT2D eigenvalue weighted by Crippen LogP contribution is -2.39. The molecule has 2 rings (SSSR count). The molecule has 1 fully saturated rings. The number of hydrogen-bond donors (Lipinski definition) is 1. The summed E-state index contributed by atoms with van der Waals surface area (Å²) >= 11 is 3.49. The molecule has 0 amide bonds. The lowest BCUT2D eigenvalue weighted by molar-refractivity contribution is 0.149. The van der Waals surface area contributed by atoms with Crippen molar-refractivity contribution in [3.63, 3.8) is 0 Å². The average Bonchev–Trinajstić information content (AvgIpc) is 2.82. The van der Waals surface area contributed by atoms with Gasteiger partial charge in [-0.1, -0.05) is 41.9 Å². The molecule has 0 radical (unpaired) electrons. The van der Waals surface area contributed by atoms with E-state index >= 15 is 0 Å². The van der Waals surface area contributed by atoms with Crippen LogP contribution in [-0.4, -0.2) is 24.0 Å². The molecule has 0 spiro atoms. The fraction of sp³-hybridized carbons (Fsp3) is 0.600. The van der Waals surface area contributed by atoms with E-state index in [-0.39, 0.29) is 0 Å². The molecular weight excluding hydrogens is 288 g/mol. The van der Waals surface area contributed by atoms with Crippen molar-refractivity contribution in [3.05, 3.63) is 34.3 Å². The van der Waals surface area contributed by atoms with Crippen molar-refractivity contribution in [2.45, 2.75) is 38.8 Å². The third kappa shape index (κ3) is 2.95. The van der Waals surface area contributed by atoms with Gasteiger partial charge in [0, 0.05) is 23.1 Å². The summed E-state index contributed by atoms with van der Waals surface area (Å²) in [5, 5.41) is 0. The van der Waals surface area contributed by atoms with E-state index in [1.165, 1.54) is 24.9 Å². The molecule has 2 N–H and O–H groups in total. The molecule has 2 atom stereocenters. The van der Waals surface area contributed by atoms with Crippen LogP contribution in [-0.2, 0) is 0 Å². The molecular formula is C15H23BrN2. The fourth-order valence-electron chi connectivity index (χ4n) is 3.07. The van der Waals surface area contributed by atoms with Crippen LogP contribution in [0.3, 0.4) is 0 Å². The van der Waals surface area contributed by atoms with E-state index in [9.17, 15) is 0 Å². The first-order chi connectivity index (χ1) is 8.63. The normalized spacial score (nSPS) is 22.6. The van der Waals surface area contributed by atoms with Gasteiger partial charge in [-0.3, -0.25) is 4.90 Å². The predicted octanol–water partition coefficient (Wildman–Crippen LogP) is 3.57. The van der Waals surface area contributed by atoms with Crippen LogP contribution in [0.4, 0.5) is 0 Å². The zero-order valence-electron chi connectivity index (χ0n) is 11.3. The standard InChI is InChI=1S/C15H23BrN2/c1-11(2)14-4-3-9-18(14)15(10-17)12-5-7-13(16)8-6-12/h5-8,11,14-15H,3-4,9-10,17H2,1-2H3. The molecule has 3 heteroatoms. The summed E-state index contributed by atoms with van der Waals surface area (Å²) in [6.07, 6.45) is 2.61. The maximum absolute atomic E-state index is 6.03. The third-order valence-corrected chi connectivity index (χ3v) is 4.52. The van der Waals surface area contributed by atoms with Gasteiger partial charge < -0.3 is 5.73 Å². The highest BCUT2D eigenvalue weighted by Crippen LogP contribution is 2.32. The minimum atomic E-state index is 0.369. The van der Waals surface area contributed by atoms with E-state index in [0.29, 0.717) is 24.5 Å². The summed E-state index contributed by atoms with van der Waals surface area (Å²) in [4.78, 5) is 2.61. The monoisotopic (exact) mass is 310 g/mol. The Morgan fingerprint density at radius 1 is 1.33 bits per heavy atom. The topological polar surface area (TPSA) is 29.3 Å². The van der Waals surface area contributed by atoms with Gasteiger partial charge in [0.05, 0.1) is 0 Å². The van der Waals surface area contributed by atoms with Gasteiger partial charge in [-0.05, 0) is 43.0 Å². The van der Waals surface area contributed by atoms with E-state index in [4.69, 9.17) is 5.73 Å². The van der Waals surface area contributed by atoms with E-state index in [1.54, 1.807) is 0 Å². The molecule has 2 nitrogen and oxygen atoms in total. The molecule has 0 bridgehead atoms. The van der Waals surface area contributed by atoms with Gasteiger partial charge in [-0.2, -0.15) is 0 Å². The maximum atomic E-state index is 6.03. The van der Waals surface area contributed by atoms with Crippen molar-refractivity contribution in [1.82, 2.24) is 4.90 Å². The van der Waals surface area contributed by atoms with Crippen LogP contribution >= 0.6 is 15.9 Å². The Balaban J connectivity index is 2.20. The van der Waals surface area contributed by atoms with Crippen LogP contribution in [0.5, 0.6) is 0 Å². The van der Waals surface area contributed by atoms with Crippen molar-refractivity contribution in [1.29, 1.82) is 0 Å². The minimum absolute atomic E-state index is 0.369. The van der Waals surface area contributed by atoms with Crippen LogP contribution in [0, 0.1) is 5.92 Å². The first-order valence-electron chi connectivity index (χ1n) is 6.84. The number of benzene rings is 1. The highest BCUT2D eigenvalue weighted by atomic mass is 79.9. The van der Waals surface area contributed by atoms with Crippen LogP contribution in [0.1, 0.15) is 38.3 Å². The van der Waals surface area contributed by atoms with E-state index < -0.39 is 0 Å². The summed E-state index contributed by atoms with van der Waals surface area (Å²) in [7, 11) is 0. The van der Waals surface area contributed by atoms with Gasteiger partial charge in [0.15, 0.2) is 0 Å². The Hall–Kier alpha value is -0.380. The molecule has 1 saturated heterocycles. The van der Waals surface area contributed by atoms with Crippen LogP contribution in [0.2, 0.25) is 0 Å². The van der Waals surface area contributed by atoms with Crippen LogP contribution in [0.25, 0.3) is 0 Å². The number of nitrogens with two attached hydrogens (primary N) is 1. The highest BCUT2D eigenvalue weighted by molar-refractivity contribution is 9.10. The minimum Gasteiger partial charge on any atom is -0.329 e. The number of halogens is 1. The number of rotatable bonds is 4. The Kier molecular flexibility index (Phi) is 4.82. The molecule has 0 saturated carbocycles. The largest absolute Gasteiger partial charge is 0.329 e. The lowest BCUT2D eigenvalue weighted by atomic mass is 9.98. The molecule has 18 heavy (non-hydrogen) atoms. The molecule has 1 aromatic rings. The van der Waals surface area contributed by atoms with Crippen LogP contribution in [0.15, 0.2) is 28.7 Å². The summed E-state index contributed by atoms with van der Waals surface area (Å²) in [6.45, 7) is 6.52. The van der Waals surface area contributed by atoms with Crippen molar-refractivity contribution >= 4 is 15.9 Å². The van der Waals surface area contributed by atoms with Gasteiger partial charge in [-0.15, -0.1) is 0 Å². The van der Waals surface area contributed by atoms with Crippen molar-refractivity contribution < 1.29 is 0 Å². The Labute approximate surface area is 119 Å². The summed E-state index contributed by atoms with van der Waals surface area (Å²) < 4.78 is 1.13. The molecule has 2 unspecified atom stereocenters. The fourth-order valence-corrected chi connectivity index (χ4v) is 3.33. The Bertz CT molecular complexity index is 375.